The Morgan fingerprint density at radius 1 is 1.04 bits per heavy atom. The van der Waals surface area contributed by atoms with Gasteiger partial charge < -0.3 is 10.6 Å². The lowest BCUT2D eigenvalue weighted by Gasteiger charge is -2.24. The van der Waals surface area contributed by atoms with E-state index in [1.807, 2.05) is 0 Å². The van der Waals surface area contributed by atoms with Gasteiger partial charge in [-0.2, -0.15) is 0 Å². The summed E-state index contributed by atoms with van der Waals surface area (Å²) in [7, 11) is -3.90. The van der Waals surface area contributed by atoms with Crippen molar-refractivity contribution < 1.29 is 18.0 Å². The fourth-order valence-electron chi connectivity index (χ4n) is 2.86. The number of carbonyl (C=O) groups excluding carboxylic acids is 2. The summed E-state index contributed by atoms with van der Waals surface area (Å²) in [6.07, 6.45) is 0. The van der Waals surface area contributed by atoms with E-state index >= 15 is 0 Å². The summed E-state index contributed by atoms with van der Waals surface area (Å²) in [6, 6.07) is 13.4. The fraction of sp³-hybridized carbons (Fsp3) is 0.176. The predicted octanol–water partition coefficient (Wildman–Crippen LogP) is 1.66. The molecule has 2 aromatic carbocycles. The molecule has 0 aliphatic carbocycles. The molecule has 124 valence electrons. The van der Waals surface area contributed by atoms with Gasteiger partial charge in [-0.3, -0.25) is 9.59 Å². The van der Waals surface area contributed by atoms with Crippen molar-refractivity contribution in [3.8, 4) is 0 Å². The van der Waals surface area contributed by atoms with Crippen molar-refractivity contribution in [3.63, 3.8) is 0 Å². The molecule has 7 heteroatoms. The smallest absolute Gasteiger partial charge is 0.248 e. The van der Waals surface area contributed by atoms with Crippen LogP contribution >= 0.6 is 0 Å². The van der Waals surface area contributed by atoms with Crippen LogP contribution in [0.1, 0.15) is 17.7 Å². The minimum Gasteiger partial charge on any atom is -0.343 e. The summed E-state index contributed by atoms with van der Waals surface area (Å²) < 4.78 is 26.4. The normalized spacial score (nSPS) is 22.0. The lowest BCUT2D eigenvalue weighted by atomic mass is 10.0. The van der Waals surface area contributed by atoms with Gasteiger partial charge in [0, 0.05) is 6.92 Å². The first kappa shape index (κ1) is 16.2. The molecule has 0 spiro atoms. The van der Waals surface area contributed by atoms with E-state index in [0.29, 0.717) is 5.56 Å². The molecule has 3 rings (SSSR count). The van der Waals surface area contributed by atoms with Crippen molar-refractivity contribution in [3.05, 3.63) is 60.2 Å². The lowest BCUT2D eigenvalue weighted by molar-refractivity contribution is -0.125. The fourth-order valence-corrected chi connectivity index (χ4v) is 4.89. The highest BCUT2D eigenvalue weighted by molar-refractivity contribution is 7.92. The van der Waals surface area contributed by atoms with Gasteiger partial charge in [-0.15, -0.1) is 0 Å². The number of fused-ring (bicyclic) bond motifs is 1. The van der Waals surface area contributed by atoms with Gasteiger partial charge in [-0.1, -0.05) is 42.5 Å². The molecule has 0 bridgehead atoms. The van der Waals surface area contributed by atoms with Gasteiger partial charge >= 0.3 is 0 Å². The number of hydrogen-bond acceptors (Lipinski definition) is 4. The number of nitrogens with one attached hydrogen (secondary N) is 2. The Hall–Kier alpha value is -2.67. The van der Waals surface area contributed by atoms with Crippen LogP contribution in [0.15, 0.2) is 59.5 Å². The third-order valence-electron chi connectivity index (χ3n) is 3.86. The van der Waals surface area contributed by atoms with Crippen molar-refractivity contribution >= 4 is 27.3 Å². The van der Waals surface area contributed by atoms with E-state index in [-0.39, 0.29) is 10.6 Å². The van der Waals surface area contributed by atoms with E-state index in [0.717, 1.165) is 0 Å². The van der Waals surface area contributed by atoms with Crippen LogP contribution < -0.4 is 10.6 Å². The summed E-state index contributed by atoms with van der Waals surface area (Å²) in [5, 5.41) is 3.88. The Bertz CT molecular complexity index is 894. The summed E-state index contributed by atoms with van der Waals surface area (Å²) in [5.74, 6) is -1.04. The quantitative estimate of drug-likeness (QED) is 0.866. The molecule has 0 fully saturated rings. The summed E-state index contributed by atoms with van der Waals surface area (Å²) in [6.45, 7) is 1.25. The zero-order valence-corrected chi connectivity index (χ0v) is 13.7. The molecule has 1 aliphatic heterocycles. The first-order valence-electron chi connectivity index (χ1n) is 7.37. The summed E-state index contributed by atoms with van der Waals surface area (Å²) >= 11 is 0. The molecular formula is C17H16N2O4S. The molecule has 2 atom stereocenters. The Balaban J connectivity index is 2.25. The third-order valence-corrected chi connectivity index (χ3v) is 6.04. The molecular weight excluding hydrogens is 328 g/mol. The minimum atomic E-state index is -3.90. The summed E-state index contributed by atoms with van der Waals surface area (Å²) in [4.78, 5) is 24.2. The number of hydrogen-bond donors (Lipinski definition) is 2. The van der Waals surface area contributed by atoms with E-state index < -0.39 is 32.9 Å². The number of sulfone groups is 1. The molecule has 24 heavy (non-hydrogen) atoms. The Morgan fingerprint density at radius 3 is 2.33 bits per heavy atom. The van der Waals surface area contributed by atoms with Crippen LogP contribution in [0, 0.1) is 0 Å². The number of rotatable bonds is 2. The number of anilines is 1. The van der Waals surface area contributed by atoms with E-state index in [9.17, 15) is 18.0 Å². The zero-order valence-electron chi connectivity index (χ0n) is 12.9. The third kappa shape index (κ3) is 2.78. The second-order valence-corrected chi connectivity index (χ2v) is 7.58. The SMILES string of the molecule is CC(=O)N[C@@H]1C(=O)Nc2ccccc2S(=O)(=O)[C@@H]1c1ccccc1. The van der Waals surface area contributed by atoms with Gasteiger partial charge in [0.2, 0.25) is 11.8 Å². The van der Waals surface area contributed by atoms with Crippen LogP contribution in [-0.2, 0) is 19.4 Å². The average Bonchev–Trinajstić information content (AvgIpc) is 2.62. The summed E-state index contributed by atoms with van der Waals surface area (Å²) in [5.41, 5.74) is 0.666. The minimum absolute atomic E-state index is 0.0417. The lowest BCUT2D eigenvalue weighted by Crippen LogP contribution is -2.47. The van der Waals surface area contributed by atoms with Gasteiger partial charge in [-0.05, 0) is 17.7 Å². The maximum absolute atomic E-state index is 13.2. The number of carbonyl (C=O) groups is 2. The Kier molecular flexibility index (Phi) is 4.11. The molecule has 0 radical (unpaired) electrons. The van der Waals surface area contributed by atoms with Crippen LogP contribution in [0.3, 0.4) is 0 Å². The van der Waals surface area contributed by atoms with Gasteiger partial charge in [0.1, 0.15) is 11.3 Å². The van der Waals surface area contributed by atoms with Crippen LogP contribution in [0.4, 0.5) is 5.69 Å². The molecule has 2 N–H and O–H groups in total. The molecule has 2 aromatic rings. The average molecular weight is 344 g/mol. The van der Waals surface area contributed by atoms with E-state index in [4.69, 9.17) is 0 Å². The Labute approximate surface area is 139 Å². The van der Waals surface area contributed by atoms with Crippen molar-refractivity contribution in [2.24, 2.45) is 0 Å². The Morgan fingerprint density at radius 2 is 1.67 bits per heavy atom. The standard InChI is InChI=1S/C17H16N2O4S/c1-11(20)18-15-16(12-7-3-2-4-8-12)24(22,23)14-10-6-5-9-13(14)19-17(15)21/h2-10,15-16H,1H3,(H,18,20)(H,19,21)/t15-,16+/m0/s1. The highest BCUT2D eigenvalue weighted by Gasteiger charge is 2.44. The molecule has 1 heterocycles. The molecule has 2 amide bonds. The van der Waals surface area contributed by atoms with E-state index in [2.05, 4.69) is 10.6 Å². The van der Waals surface area contributed by atoms with Crippen molar-refractivity contribution in [1.82, 2.24) is 5.32 Å². The first-order valence-corrected chi connectivity index (χ1v) is 8.92. The molecule has 6 nitrogen and oxygen atoms in total. The van der Waals surface area contributed by atoms with Gasteiger partial charge in [0.25, 0.3) is 0 Å². The van der Waals surface area contributed by atoms with Gasteiger partial charge in [0.05, 0.1) is 10.6 Å². The molecule has 1 aliphatic rings. The van der Waals surface area contributed by atoms with Gasteiger partial charge in [0.15, 0.2) is 9.84 Å². The number of para-hydroxylation sites is 1. The van der Waals surface area contributed by atoms with Gasteiger partial charge in [-0.25, -0.2) is 8.42 Å². The topological polar surface area (TPSA) is 92.3 Å². The predicted molar refractivity (Wildman–Crippen MR) is 89.0 cm³/mol. The highest BCUT2D eigenvalue weighted by Crippen LogP contribution is 2.38. The second-order valence-electron chi connectivity index (χ2n) is 5.54. The molecule has 0 unspecified atom stereocenters. The number of benzene rings is 2. The van der Waals surface area contributed by atoms with E-state index in [1.165, 1.54) is 19.1 Å². The maximum atomic E-state index is 13.2. The first-order chi connectivity index (χ1) is 11.4. The molecule has 0 saturated carbocycles. The van der Waals surface area contributed by atoms with Crippen LogP contribution in [0.5, 0.6) is 0 Å². The van der Waals surface area contributed by atoms with E-state index in [1.54, 1.807) is 42.5 Å². The van der Waals surface area contributed by atoms with Crippen LogP contribution in [0.25, 0.3) is 0 Å². The zero-order chi connectivity index (χ0) is 17.3. The number of amides is 2. The second kappa shape index (κ2) is 6.09. The van der Waals surface area contributed by atoms with Crippen molar-refractivity contribution in [2.45, 2.75) is 23.1 Å². The maximum Gasteiger partial charge on any atom is 0.248 e. The molecule has 0 aromatic heterocycles. The van der Waals surface area contributed by atoms with Crippen LogP contribution in [0.2, 0.25) is 0 Å². The van der Waals surface area contributed by atoms with Crippen molar-refractivity contribution in [2.75, 3.05) is 5.32 Å². The molecule has 0 saturated heterocycles. The monoisotopic (exact) mass is 344 g/mol. The largest absolute Gasteiger partial charge is 0.343 e. The van der Waals surface area contributed by atoms with Crippen LogP contribution in [-0.4, -0.2) is 26.3 Å². The highest BCUT2D eigenvalue weighted by atomic mass is 32.2. The van der Waals surface area contributed by atoms with Crippen molar-refractivity contribution in [1.29, 1.82) is 0 Å².